The molecule has 1 rings (SSSR count). The molecule has 1 unspecified atom stereocenters. The van der Waals surface area contributed by atoms with Crippen molar-refractivity contribution in [1.29, 1.82) is 0 Å². The van der Waals surface area contributed by atoms with E-state index < -0.39 is 5.60 Å². The minimum atomic E-state index is -0.489. The summed E-state index contributed by atoms with van der Waals surface area (Å²) in [5.74, 6) is 0.450. The van der Waals surface area contributed by atoms with E-state index in [0.29, 0.717) is 5.92 Å². The molecule has 0 amide bonds. The van der Waals surface area contributed by atoms with Crippen molar-refractivity contribution in [1.82, 2.24) is 0 Å². The smallest absolute Gasteiger partial charge is 0.0653 e. The molecule has 15 heavy (non-hydrogen) atoms. The number of hydrogen-bond acceptors (Lipinski definition) is 1. The van der Waals surface area contributed by atoms with Crippen molar-refractivity contribution in [2.24, 2.45) is 5.92 Å². The molecule has 0 bridgehead atoms. The van der Waals surface area contributed by atoms with E-state index in [0.717, 1.165) is 32.1 Å². The van der Waals surface area contributed by atoms with E-state index in [2.05, 4.69) is 25.2 Å². The third kappa shape index (κ3) is 3.83. The lowest BCUT2D eigenvalue weighted by Gasteiger charge is -2.34. The van der Waals surface area contributed by atoms with Gasteiger partial charge in [-0.3, -0.25) is 0 Å². The summed E-state index contributed by atoms with van der Waals surface area (Å²) in [4.78, 5) is 0. The largest absolute Gasteiger partial charge is 0.390 e. The van der Waals surface area contributed by atoms with E-state index >= 15 is 0 Å². The topological polar surface area (TPSA) is 20.2 Å². The minimum Gasteiger partial charge on any atom is -0.390 e. The summed E-state index contributed by atoms with van der Waals surface area (Å²) < 4.78 is 0. The predicted octanol–water partition coefficient (Wildman–Crippen LogP) is 3.84. The summed E-state index contributed by atoms with van der Waals surface area (Å²) in [6.07, 6.45) is 11.7. The average molecular weight is 208 g/mol. The van der Waals surface area contributed by atoms with Crippen molar-refractivity contribution in [3.63, 3.8) is 0 Å². The Balaban J connectivity index is 2.46. The number of hydrogen-bond donors (Lipinski definition) is 1. The van der Waals surface area contributed by atoms with Gasteiger partial charge in [-0.2, -0.15) is 0 Å². The second-order valence-corrected chi connectivity index (χ2v) is 4.99. The SMILES string of the molecule is C/C=C/CC[C@](C)(O)C1CC=C(C)CC1. The Labute approximate surface area is 93.9 Å². The third-order valence-electron chi connectivity index (χ3n) is 3.57. The molecule has 1 heteroatoms. The van der Waals surface area contributed by atoms with Crippen LogP contribution in [0.5, 0.6) is 0 Å². The molecule has 1 nitrogen and oxygen atoms in total. The first-order valence-corrected chi connectivity index (χ1v) is 6.05. The van der Waals surface area contributed by atoms with Crippen molar-refractivity contribution < 1.29 is 5.11 Å². The first kappa shape index (κ1) is 12.5. The highest BCUT2D eigenvalue weighted by molar-refractivity contribution is 5.05. The van der Waals surface area contributed by atoms with Crippen molar-refractivity contribution >= 4 is 0 Å². The second kappa shape index (κ2) is 5.50. The summed E-state index contributed by atoms with van der Waals surface area (Å²) in [6.45, 7) is 6.21. The highest BCUT2D eigenvalue weighted by atomic mass is 16.3. The Morgan fingerprint density at radius 2 is 2.33 bits per heavy atom. The summed E-state index contributed by atoms with van der Waals surface area (Å²) >= 11 is 0. The molecular formula is C14H24O. The first-order valence-electron chi connectivity index (χ1n) is 6.05. The van der Waals surface area contributed by atoms with Gasteiger partial charge >= 0.3 is 0 Å². The normalized spacial score (nSPS) is 26.4. The number of aliphatic hydroxyl groups is 1. The Morgan fingerprint density at radius 1 is 1.60 bits per heavy atom. The van der Waals surface area contributed by atoms with Gasteiger partial charge in [0.1, 0.15) is 0 Å². The van der Waals surface area contributed by atoms with Crippen LogP contribution in [0.1, 0.15) is 52.9 Å². The summed E-state index contributed by atoms with van der Waals surface area (Å²) in [5, 5.41) is 10.4. The van der Waals surface area contributed by atoms with Crippen LogP contribution in [0, 0.1) is 5.92 Å². The molecule has 0 aromatic rings. The van der Waals surface area contributed by atoms with Gasteiger partial charge in [0.2, 0.25) is 0 Å². The molecule has 0 radical (unpaired) electrons. The average Bonchev–Trinajstić information content (AvgIpc) is 2.18. The molecule has 1 aliphatic rings. The van der Waals surface area contributed by atoms with E-state index in [1.807, 2.05) is 13.8 Å². The minimum absolute atomic E-state index is 0.450. The van der Waals surface area contributed by atoms with Crippen molar-refractivity contribution in [2.45, 2.75) is 58.5 Å². The van der Waals surface area contributed by atoms with E-state index in [1.165, 1.54) is 5.57 Å². The van der Waals surface area contributed by atoms with Gasteiger partial charge in [-0.25, -0.2) is 0 Å². The van der Waals surface area contributed by atoms with Crippen molar-refractivity contribution in [3.05, 3.63) is 23.8 Å². The summed E-state index contributed by atoms with van der Waals surface area (Å²) in [7, 11) is 0. The van der Waals surface area contributed by atoms with Crippen LogP contribution < -0.4 is 0 Å². The predicted molar refractivity (Wildman–Crippen MR) is 65.8 cm³/mol. The van der Waals surface area contributed by atoms with Crippen LogP contribution in [-0.2, 0) is 0 Å². The van der Waals surface area contributed by atoms with E-state index in [1.54, 1.807) is 0 Å². The maximum Gasteiger partial charge on any atom is 0.0653 e. The van der Waals surface area contributed by atoms with Gasteiger partial charge in [-0.05, 0) is 58.8 Å². The van der Waals surface area contributed by atoms with Crippen LogP contribution in [-0.4, -0.2) is 10.7 Å². The lowest BCUT2D eigenvalue weighted by molar-refractivity contribution is -0.0121. The Kier molecular flexibility index (Phi) is 4.59. The maximum atomic E-state index is 10.4. The van der Waals surface area contributed by atoms with E-state index in [4.69, 9.17) is 0 Å². The zero-order valence-corrected chi connectivity index (χ0v) is 10.3. The molecular weight excluding hydrogens is 184 g/mol. The highest BCUT2D eigenvalue weighted by Crippen LogP contribution is 2.34. The maximum absolute atomic E-state index is 10.4. The lowest BCUT2D eigenvalue weighted by atomic mass is 9.76. The van der Waals surface area contributed by atoms with Crippen LogP contribution in [0.15, 0.2) is 23.8 Å². The molecule has 0 spiro atoms. The molecule has 0 fully saturated rings. The Bertz CT molecular complexity index is 248. The lowest BCUT2D eigenvalue weighted by Crippen LogP contribution is -2.35. The molecule has 1 aliphatic carbocycles. The second-order valence-electron chi connectivity index (χ2n) is 4.99. The number of rotatable bonds is 4. The molecule has 0 saturated carbocycles. The Morgan fingerprint density at radius 3 is 2.87 bits per heavy atom. The van der Waals surface area contributed by atoms with Crippen LogP contribution >= 0.6 is 0 Å². The van der Waals surface area contributed by atoms with Gasteiger partial charge < -0.3 is 5.11 Å². The van der Waals surface area contributed by atoms with Gasteiger partial charge in [0.15, 0.2) is 0 Å². The van der Waals surface area contributed by atoms with Crippen LogP contribution in [0.2, 0.25) is 0 Å². The fourth-order valence-electron chi connectivity index (χ4n) is 2.28. The molecule has 1 N–H and O–H groups in total. The molecule has 0 heterocycles. The summed E-state index contributed by atoms with van der Waals surface area (Å²) in [5.41, 5.74) is 0.993. The van der Waals surface area contributed by atoms with E-state index in [-0.39, 0.29) is 0 Å². The molecule has 0 saturated heterocycles. The molecule has 0 aliphatic heterocycles. The zero-order valence-electron chi connectivity index (χ0n) is 10.3. The highest BCUT2D eigenvalue weighted by Gasteiger charge is 2.31. The van der Waals surface area contributed by atoms with Gasteiger partial charge in [-0.15, -0.1) is 0 Å². The summed E-state index contributed by atoms with van der Waals surface area (Å²) in [6, 6.07) is 0. The quantitative estimate of drug-likeness (QED) is 0.696. The van der Waals surface area contributed by atoms with Crippen LogP contribution in [0.25, 0.3) is 0 Å². The van der Waals surface area contributed by atoms with Crippen LogP contribution in [0.4, 0.5) is 0 Å². The number of allylic oxidation sites excluding steroid dienone is 4. The monoisotopic (exact) mass is 208 g/mol. The van der Waals surface area contributed by atoms with Crippen molar-refractivity contribution in [2.75, 3.05) is 0 Å². The molecule has 0 aromatic heterocycles. The standard InChI is InChI=1S/C14H24O/c1-4-5-6-11-14(3,15)13-9-7-12(2)8-10-13/h4-5,7,13,15H,6,8-11H2,1-3H3/b5-4+/t13?,14-/m0/s1. The first-order chi connectivity index (χ1) is 7.06. The van der Waals surface area contributed by atoms with E-state index in [9.17, 15) is 5.11 Å². The van der Waals surface area contributed by atoms with Gasteiger partial charge in [-0.1, -0.05) is 23.8 Å². The zero-order chi connectivity index (χ0) is 11.3. The van der Waals surface area contributed by atoms with Gasteiger partial charge in [0, 0.05) is 0 Å². The van der Waals surface area contributed by atoms with Gasteiger partial charge in [0.05, 0.1) is 5.60 Å². The van der Waals surface area contributed by atoms with Crippen LogP contribution in [0.3, 0.4) is 0 Å². The fourth-order valence-corrected chi connectivity index (χ4v) is 2.28. The molecule has 86 valence electrons. The Hall–Kier alpha value is -0.560. The van der Waals surface area contributed by atoms with Crippen molar-refractivity contribution in [3.8, 4) is 0 Å². The molecule has 2 atom stereocenters. The molecule has 0 aromatic carbocycles. The fraction of sp³-hybridized carbons (Fsp3) is 0.714. The third-order valence-corrected chi connectivity index (χ3v) is 3.57. The van der Waals surface area contributed by atoms with Gasteiger partial charge in [0.25, 0.3) is 0 Å².